The van der Waals surface area contributed by atoms with Crippen LogP contribution >= 0.6 is 0 Å². The Morgan fingerprint density at radius 2 is 0.609 bits per heavy atom. The molecular formula is C84H79N3. The number of fused-ring (bicyclic) bond motifs is 6. The molecular weight excluding hydrogens is 1050 g/mol. The molecule has 0 fully saturated rings. The average Bonchev–Trinajstić information content (AvgIpc) is 0.715. The lowest BCUT2D eigenvalue weighted by Crippen LogP contribution is -2.31. The van der Waals surface area contributed by atoms with Gasteiger partial charge in [0.25, 0.3) is 0 Å². The van der Waals surface area contributed by atoms with Gasteiger partial charge in [0.15, 0.2) is 0 Å². The Kier molecular flexibility index (Phi) is 13.3. The summed E-state index contributed by atoms with van der Waals surface area (Å²) < 4.78 is 0. The second-order valence-electron chi connectivity index (χ2n) is 28.7. The molecule has 0 saturated heterocycles. The van der Waals surface area contributed by atoms with E-state index in [4.69, 9.17) is 0 Å². The fourth-order valence-electron chi connectivity index (χ4n) is 13.8. The topological polar surface area (TPSA) is 9.72 Å². The van der Waals surface area contributed by atoms with Crippen molar-refractivity contribution in [3.63, 3.8) is 0 Å². The molecule has 2 aliphatic heterocycles. The minimum absolute atomic E-state index is 0.00154. The van der Waals surface area contributed by atoms with Gasteiger partial charge in [0, 0.05) is 17.0 Å². The summed E-state index contributed by atoms with van der Waals surface area (Å²) in [6.45, 7) is 27.9. The predicted octanol–water partition coefficient (Wildman–Crippen LogP) is 23.7. The van der Waals surface area contributed by atoms with E-state index in [0.29, 0.717) is 0 Å². The van der Waals surface area contributed by atoms with Gasteiger partial charge in [-0.1, -0.05) is 265 Å². The number of hydrogen-bond acceptors (Lipinski definition) is 3. The molecule has 0 bridgehead atoms. The maximum atomic E-state index is 2.64. The average molecular weight is 1130 g/mol. The number of hydrogen-bond donors (Lipinski definition) is 0. The van der Waals surface area contributed by atoms with E-state index in [2.05, 4.69) is 340 Å². The van der Waals surface area contributed by atoms with Gasteiger partial charge in [0.05, 0.1) is 51.2 Å². The van der Waals surface area contributed by atoms with Crippen LogP contribution in [-0.4, -0.2) is 0 Å². The zero-order valence-electron chi connectivity index (χ0n) is 52.7. The molecule has 11 aromatic rings. The molecule has 0 saturated carbocycles. The van der Waals surface area contributed by atoms with Crippen molar-refractivity contribution in [2.45, 2.75) is 117 Å². The number of rotatable bonds is 7. The van der Waals surface area contributed by atoms with Crippen LogP contribution in [0.3, 0.4) is 0 Å². The lowest BCUT2D eigenvalue weighted by molar-refractivity contribution is 0.589. The van der Waals surface area contributed by atoms with E-state index in [1.54, 1.807) is 0 Å². The molecule has 11 aromatic carbocycles. The van der Waals surface area contributed by atoms with E-state index in [1.165, 1.54) is 83.5 Å². The number of anilines is 9. The molecule has 3 heteroatoms. The van der Waals surface area contributed by atoms with Crippen molar-refractivity contribution in [3.05, 3.63) is 293 Å². The summed E-state index contributed by atoms with van der Waals surface area (Å²) in [5.41, 5.74) is 31.3. The lowest BCUT2D eigenvalue weighted by atomic mass is 9.74. The van der Waals surface area contributed by atoms with Crippen LogP contribution < -0.4 is 14.7 Å². The molecule has 0 radical (unpaired) electrons. The van der Waals surface area contributed by atoms with Crippen molar-refractivity contribution in [1.29, 1.82) is 0 Å². The van der Waals surface area contributed by atoms with E-state index in [-0.39, 0.29) is 27.6 Å². The smallest absolute Gasteiger partial charge is 0.0948 e. The van der Waals surface area contributed by atoms with E-state index in [1.807, 2.05) is 0 Å². The SMILES string of the molecule is CC(C)(C)c1ccc(-c2cc(C(C)(C)C)ccc2N2c3ccc(-c4ccccc4)cc3N3c4cc(-c5ccccc5)ccc4N(c4ccc(C(C)(C)C)cc4-c4ccc(C(C)(C)C)cc4)c4cc(C5c6ccccc6Cc6ccccc65)cc2c43)cc1. The van der Waals surface area contributed by atoms with Crippen LogP contribution in [0.2, 0.25) is 0 Å². The van der Waals surface area contributed by atoms with Gasteiger partial charge in [-0.3, -0.25) is 0 Å². The van der Waals surface area contributed by atoms with Crippen LogP contribution in [-0.2, 0) is 28.1 Å². The molecule has 0 spiro atoms. The first-order chi connectivity index (χ1) is 41.7. The summed E-state index contributed by atoms with van der Waals surface area (Å²) in [6.07, 6.45) is 0.899. The number of nitrogens with zero attached hydrogens (tertiary/aromatic N) is 3. The zero-order valence-corrected chi connectivity index (χ0v) is 52.7. The third-order valence-corrected chi connectivity index (χ3v) is 18.7. The van der Waals surface area contributed by atoms with E-state index >= 15 is 0 Å². The van der Waals surface area contributed by atoms with Gasteiger partial charge in [0.2, 0.25) is 0 Å². The summed E-state index contributed by atoms with van der Waals surface area (Å²) in [7, 11) is 0. The molecule has 87 heavy (non-hydrogen) atoms. The molecule has 1 aliphatic carbocycles. The van der Waals surface area contributed by atoms with Gasteiger partial charge in [-0.05, 0) is 172 Å². The molecule has 3 nitrogen and oxygen atoms in total. The lowest BCUT2D eigenvalue weighted by Gasteiger charge is -2.48. The number of benzene rings is 11. The third-order valence-electron chi connectivity index (χ3n) is 18.7. The summed E-state index contributed by atoms with van der Waals surface area (Å²) in [6, 6.07) is 93.2. The van der Waals surface area contributed by atoms with Crippen molar-refractivity contribution in [1.82, 2.24) is 0 Å². The fourth-order valence-corrected chi connectivity index (χ4v) is 13.8. The molecule has 0 amide bonds. The molecule has 0 N–H and O–H groups in total. The predicted molar refractivity (Wildman–Crippen MR) is 371 cm³/mol. The van der Waals surface area contributed by atoms with Gasteiger partial charge >= 0.3 is 0 Å². The molecule has 3 aliphatic rings. The minimum Gasteiger partial charge on any atom is -0.306 e. The molecule has 2 heterocycles. The van der Waals surface area contributed by atoms with Gasteiger partial charge < -0.3 is 14.7 Å². The Bertz CT molecular complexity index is 4160. The normalized spacial score (nSPS) is 13.8. The van der Waals surface area contributed by atoms with E-state index in [9.17, 15) is 0 Å². The van der Waals surface area contributed by atoms with Crippen LogP contribution in [0.25, 0.3) is 44.5 Å². The van der Waals surface area contributed by atoms with Crippen molar-refractivity contribution in [2.24, 2.45) is 0 Å². The first-order valence-electron chi connectivity index (χ1n) is 31.3. The van der Waals surface area contributed by atoms with Gasteiger partial charge in [-0.2, -0.15) is 0 Å². The van der Waals surface area contributed by atoms with Crippen molar-refractivity contribution >= 4 is 51.2 Å². The summed E-state index contributed by atoms with van der Waals surface area (Å²) in [4.78, 5) is 7.92. The maximum Gasteiger partial charge on any atom is 0.0948 e. The Labute approximate surface area is 517 Å². The summed E-state index contributed by atoms with van der Waals surface area (Å²) in [5.74, 6) is -0.0473. The second-order valence-corrected chi connectivity index (χ2v) is 28.7. The van der Waals surface area contributed by atoms with Crippen LogP contribution in [0.5, 0.6) is 0 Å². The molecule has 14 rings (SSSR count). The third kappa shape index (κ3) is 9.86. The zero-order chi connectivity index (χ0) is 60.3. The Morgan fingerprint density at radius 3 is 1.00 bits per heavy atom. The highest BCUT2D eigenvalue weighted by Gasteiger charge is 2.43. The first-order valence-corrected chi connectivity index (χ1v) is 31.3. The highest BCUT2D eigenvalue weighted by Crippen LogP contribution is 2.66. The van der Waals surface area contributed by atoms with Crippen molar-refractivity contribution in [2.75, 3.05) is 14.7 Å². The minimum atomic E-state index is -0.103. The summed E-state index contributed by atoms with van der Waals surface area (Å²) in [5, 5.41) is 0. The van der Waals surface area contributed by atoms with Gasteiger partial charge in [0.1, 0.15) is 0 Å². The molecule has 0 aromatic heterocycles. The van der Waals surface area contributed by atoms with Crippen LogP contribution in [0.1, 0.15) is 139 Å². The maximum absolute atomic E-state index is 2.64. The van der Waals surface area contributed by atoms with E-state index < -0.39 is 0 Å². The van der Waals surface area contributed by atoms with Gasteiger partial charge in [-0.15, -0.1) is 0 Å². The van der Waals surface area contributed by atoms with Crippen LogP contribution in [0.4, 0.5) is 51.2 Å². The highest BCUT2D eigenvalue weighted by molar-refractivity contribution is 6.15. The molecule has 0 unspecified atom stereocenters. The fraction of sp³-hybridized carbons (Fsp3) is 0.214. The molecule has 430 valence electrons. The Hall–Kier alpha value is -9.18. The second kappa shape index (κ2) is 20.8. The standard InChI is InChI=1S/C84H79N3/c1-81(2,3)63-37-31-56(32-38-63)69-52-65(83(7,8)9)41-45-71(69)85-73-43-35-58(54-23-15-13-16-24-54)48-75(73)87-76-49-59(55-25-17-14-18-26-55)36-44-74(76)86(72-46-42-66(84(10,11)12)53-70(72)57-33-39-64(40-34-57)82(4,5)6)78-51-62(50-77(85)80(78)87)79-67-29-21-19-27-60(67)47-61-28-20-22-30-68(61)79/h13-46,48-53,79H,47H2,1-12H3. The van der Waals surface area contributed by atoms with Crippen LogP contribution in [0, 0.1) is 0 Å². The summed E-state index contributed by atoms with van der Waals surface area (Å²) >= 11 is 0. The van der Waals surface area contributed by atoms with Crippen LogP contribution in [0.15, 0.2) is 243 Å². The monoisotopic (exact) mass is 1130 g/mol. The first kappa shape index (κ1) is 55.7. The Morgan fingerprint density at radius 1 is 0.264 bits per heavy atom. The largest absolute Gasteiger partial charge is 0.306 e. The Balaban J connectivity index is 1.14. The molecule has 0 atom stereocenters. The van der Waals surface area contributed by atoms with Gasteiger partial charge in [-0.25, -0.2) is 0 Å². The van der Waals surface area contributed by atoms with Crippen molar-refractivity contribution < 1.29 is 0 Å². The quantitative estimate of drug-likeness (QED) is 0.157. The van der Waals surface area contributed by atoms with Crippen molar-refractivity contribution in [3.8, 4) is 44.5 Å². The van der Waals surface area contributed by atoms with E-state index in [0.717, 1.165) is 68.7 Å². The highest BCUT2D eigenvalue weighted by atomic mass is 15.3.